The van der Waals surface area contributed by atoms with Crippen molar-refractivity contribution < 1.29 is 23.1 Å². The van der Waals surface area contributed by atoms with Crippen LogP contribution in [0.2, 0.25) is 0 Å². The summed E-state index contributed by atoms with van der Waals surface area (Å²) in [5.74, 6) is -1.77. The monoisotopic (exact) mass is 471 g/mol. The van der Waals surface area contributed by atoms with Gasteiger partial charge in [-0.15, -0.1) is 0 Å². The molecule has 0 aliphatic carbocycles. The van der Waals surface area contributed by atoms with Crippen LogP contribution in [0.25, 0.3) is 5.76 Å². The molecule has 0 spiro atoms. The number of carbonyl (C=O) groups is 2. The van der Waals surface area contributed by atoms with Crippen LogP contribution in [0.4, 0.5) is 0 Å². The second kappa shape index (κ2) is 9.46. The van der Waals surface area contributed by atoms with Gasteiger partial charge in [-0.25, -0.2) is 12.7 Å². The van der Waals surface area contributed by atoms with E-state index >= 15 is 0 Å². The van der Waals surface area contributed by atoms with E-state index in [9.17, 15) is 23.1 Å². The third-order valence-electron chi connectivity index (χ3n) is 5.63. The Kier molecular flexibility index (Phi) is 7.06. The number of likely N-dealkylation sites (tertiary alicyclic amines) is 1. The van der Waals surface area contributed by atoms with Crippen LogP contribution in [-0.4, -0.2) is 80.6 Å². The van der Waals surface area contributed by atoms with E-state index in [2.05, 4.69) is 0 Å². The number of hydrogen-bond donors (Lipinski definition) is 1. The number of carbonyl (C=O) groups excluding carboxylic acids is 2. The van der Waals surface area contributed by atoms with Crippen molar-refractivity contribution in [1.82, 2.24) is 14.1 Å². The van der Waals surface area contributed by atoms with E-state index in [0.29, 0.717) is 18.7 Å². The van der Waals surface area contributed by atoms with Gasteiger partial charge in [0, 0.05) is 32.7 Å². The van der Waals surface area contributed by atoms with Crippen molar-refractivity contribution in [3.63, 3.8) is 0 Å². The molecule has 0 bridgehead atoms. The SMILES string of the molecule is Cc1ccc(C2/C(=C(/O)c3ccc(S(=O)(=O)N(C)C)cc3)C(=O)C(=O)N2CCN(C)C)cc1. The average molecular weight is 472 g/mol. The lowest BCUT2D eigenvalue weighted by molar-refractivity contribution is -0.140. The number of hydrogen-bond acceptors (Lipinski definition) is 6. The van der Waals surface area contributed by atoms with Gasteiger partial charge in [-0.1, -0.05) is 29.8 Å². The normalized spacial score (nSPS) is 18.5. The summed E-state index contributed by atoms with van der Waals surface area (Å²) >= 11 is 0. The second-order valence-corrected chi connectivity index (χ2v) is 10.7. The predicted octanol–water partition coefficient (Wildman–Crippen LogP) is 2.23. The molecule has 1 unspecified atom stereocenters. The minimum absolute atomic E-state index is 0.00849. The van der Waals surface area contributed by atoms with Crippen molar-refractivity contribution in [2.75, 3.05) is 41.3 Å². The highest BCUT2D eigenvalue weighted by Gasteiger charge is 2.45. The predicted molar refractivity (Wildman–Crippen MR) is 126 cm³/mol. The average Bonchev–Trinajstić information content (AvgIpc) is 3.02. The number of ketones is 1. The number of nitrogens with zero attached hydrogens (tertiary/aromatic N) is 3. The minimum Gasteiger partial charge on any atom is -0.507 e. The fourth-order valence-corrected chi connectivity index (χ4v) is 4.57. The first-order chi connectivity index (χ1) is 15.4. The highest BCUT2D eigenvalue weighted by Crippen LogP contribution is 2.39. The summed E-state index contributed by atoms with van der Waals surface area (Å²) in [7, 11) is 2.97. The molecule has 33 heavy (non-hydrogen) atoms. The van der Waals surface area contributed by atoms with Gasteiger partial charge < -0.3 is 14.9 Å². The molecule has 2 aromatic carbocycles. The van der Waals surface area contributed by atoms with Gasteiger partial charge in [-0.05, 0) is 50.8 Å². The highest BCUT2D eigenvalue weighted by molar-refractivity contribution is 7.89. The van der Waals surface area contributed by atoms with E-state index in [1.54, 1.807) is 0 Å². The van der Waals surface area contributed by atoms with Crippen LogP contribution in [0.1, 0.15) is 22.7 Å². The van der Waals surface area contributed by atoms with Crippen molar-refractivity contribution >= 4 is 27.5 Å². The van der Waals surface area contributed by atoms with E-state index in [4.69, 9.17) is 0 Å². The molecule has 2 aromatic rings. The third kappa shape index (κ3) is 4.85. The number of likely N-dealkylation sites (N-methyl/N-ethyl adjacent to an activating group) is 1. The lowest BCUT2D eigenvalue weighted by atomic mass is 9.95. The summed E-state index contributed by atoms with van der Waals surface area (Å²) in [6.07, 6.45) is 0. The summed E-state index contributed by atoms with van der Waals surface area (Å²) < 4.78 is 25.8. The number of Topliss-reactive ketones (excluding diaryl/α,β-unsaturated/α-hetero) is 1. The molecular formula is C24H29N3O5S. The van der Waals surface area contributed by atoms with Crippen LogP contribution in [0, 0.1) is 6.92 Å². The van der Waals surface area contributed by atoms with Crippen molar-refractivity contribution in [2.24, 2.45) is 0 Å². The molecule has 0 aromatic heterocycles. The van der Waals surface area contributed by atoms with Crippen LogP contribution < -0.4 is 0 Å². The minimum atomic E-state index is -3.64. The van der Waals surface area contributed by atoms with Gasteiger partial charge in [0.05, 0.1) is 16.5 Å². The van der Waals surface area contributed by atoms with Gasteiger partial charge in [0.2, 0.25) is 10.0 Å². The smallest absolute Gasteiger partial charge is 0.295 e. The Hall–Kier alpha value is -3.01. The highest BCUT2D eigenvalue weighted by atomic mass is 32.2. The van der Waals surface area contributed by atoms with E-state index in [0.717, 1.165) is 9.87 Å². The van der Waals surface area contributed by atoms with Crippen molar-refractivity contribution in [3.05, 3.63) is 70.8 Å². The zero-order chi connectivity index (χ0) is 24.5. The number of aliphatic hydroxyl groups excluding tert-OH is 1. The molecule has 1 N–H and O–H groups in total. The summed E-state index contributed by atoms with van der Waals surface area (Å²) in [5, 5.41) is 11.1. The van der Waals surface area contributed by atoms with Gasteiger partial charge in [0.1, 0.15) is 5.76 Å². The lowest BCUT2D eigenvalue weighted by Crippen LogP contribution is -2.35. The van der Waals surface area contributed by atoms with Gasteiger partial charge >= 0.3 is 0 Å². The lowest BCUT2D eigenvalue weighted by Gasteiger charge is -2.26. The molecule has 0 saturated carbocycles. The Bertz CT molecular complexity index is 1180. The third-order valence-corrected chi connectivity index (χ3v) is 7.46. The molecule has 8 nitrogen and oxygen atoms in total. The maximum absolute atomic E-state index is 13.0. The van der Waals surface area contributed by atoms with Crippen LogP contribution in [0.15, 0.2) is 59.0 Å². The summed E-state index contributed by atoms with van der Waals surface area (Å²) in [4.78, 5) is 29.4. The fourth-order valence-electron chi connectivity index (χ4n) is 3.66. The Labute approximate surface area is 194 Å². The first kappa shape index (κ1) is 24.6. The Morgan fingerprint density at radius 1 is 0.970 bits per heavy atom. The van der Waals surface area contributed by atoms with Gasteiger partial charge in [0.15, 0.2) is 0 Å². The van der Waals surface area contributed by atoms with E-state index < -0.39 is 27.8 Å². The largest absolute Gasteiger partial charge is 0.507 e. The molecule has 1 amide bonds. The molecule has 1 fully saturated rings. The number of rotatable bonds is 7. The molecule has 1 aliphatic rings. The number of aliphatic hydroxyl groups is 1. The van der Waals surface area contributed by atoms with E-state index in [-0.39, 0.29) is 21.8 Å². The molecule has 1 heterocycles. The van der Waals surface area contributed by atoms with Crippen LogP contribution in [0.5, 0.6) is 0 Å². The topological polar surface area (TPSA) is 98.2 Å². The Morgan fingerprint density at radius 2 is 1.55 bits per heavy atom. The second-order valence-electron chi connectivity index (χ2n) is 8.52. The summed E-state index contributed by atoms with van der Waals surface area (Å²) in [5.41, 5.74) is 2.00. The van der Waals surface area contributed by atoms with Gasteiger partial charge in [-0.2, -0.15) is 0 Å². The van der Waals surface area contributed by atoms with Crippen LogP contribution >= 0.6 is 0 Å². The fraction of sp³-hybridized carbons (Fsp3) is 0.333. The number of aryl methyl sites for hydroxylation is 1. The Balaban J connectivity index is 2.11. The van der Waals surface area contributed by atoms with Crippen LogP contribution in [0.3, 0.4) is 0 Å². The molecule has 1 saturated heterocycles. The molecule has 176 valence electrons. The first-order valence-electron chi connectivity index (χ1n) is 10.5. The number of amides is 1. The molecule has 3 rings (SSSR count). The zero-order valence-corrected chi connectivity index (χ0v) is 20.3. The van der Waals surface area contributed by atoms with Crippen LogP contribution in [-0.2, 0) is 19.6 Å². The quantitative estimate of drug-likeness (QED) is 0.378. The maximum Gasteiger partial charge on any atom is 0.295 e. The maximum atomic E-state index is 13.0. The van der Waals surface area contributed by atoms with Gasteiger partial charge in [0.25, 0.3) is 11.7 Å². The molecule has 1 atom stereocenters. The molecule has 1 aliphatic heterocycles. The van der Waals surface area contributed by atoms with Gasteiger partial charge in [-0.3, -0.25) is 9.59 Å². The van der Waals surface area contributed by atoms with Crippen molar-refractivity contribution in [1.29, 1.82) is 0 Å². The number of sulfonamides is 1. The van der Waals surface area contributed by atoms with Crippen molar-refractivity contribution in [3.8, 4) is 0 Å². The van der Waals surface area contributed by atoms with E-state index in [1.807, 2.05) is 50.2 Å². The first-order valence-corrected chi connectivity index (χ1v) is 11.9. The zero-order valence-electron chi connectivity index (χ0n) is 19.4. The summed E-state index contributed by atoms with van der Waals surface area (Å²) in [6, 6.07) is 12.3. The number of benzene rings is 2. The van der Waals surface area contributed by atoms with E-state index in [1.165, 1.54) is 43.3 Å². The molecule has 0 radical (unpaired) electrons. The molecule has 9 heteroatoms. The Morgan fingerprint density at radius 3 is 2.06 bits per heavy atom. The summed E-state index contributed by atoms with van der Waals surface area (Å²) in [6.45, 7) is 2.80. The standard InChI is InChI=1S/C24H29N3O5S/c1-16-6-8-17(9-7-16)21-20(23(29)24(30)27(21)15-14-25(2)3)22(28)18-10-12-19(13-11-18)33(31,32)26(4)5/h6-13,21,28H,14-15H2,1-5H3/b22-20-. The van der Waals surface area contributed by atoms with Crippen molar-refractivity contribution in [2.45, 2.75) is 17.9 Å². The molecular weight excluding hydrogens is 442 g/mol.